The molecular formula is C22H18ClNO4. The van der Waals surface area contributed by atoms with Gasteiger partial charge in [0.2, 0.25) is 0 Å². The van der Waals surface area contributed by atoms with Crippen LogP contribution in [0, 0.1) is 6.92 Å². The molecular weight excluding hydrogens is 378 g/mol. The zero-order chi connectivity index (χ0) is 20.1. The van der Waals surface area contributed by atoms with Crippen LogP contribution < -0.4 is 10.1 Å². The Hall–Kier alpha value is -3.31. The normalized spacial score (nSPS) is 10.4. The number of nitrogens with one attached hydrogen (secondary N) is 1. The minimum absolute atomic E-state index is 0.121. The predicted octanol–water partition coefficient (Wildman–Crippen LogP) is 5.18. The van der Waals surface area contributed by atoms with Crippen LogP contribution in [0.25, 0.3) is 0 Å². The Morgan fingerprint density at radius 1 is 1.00 bits per heavy atom. The number of halogens is 1. The van der Waals surface area contributed by atoms with E-state index in [9.17, 15) is 14.7 Å². The van der Waals surface area contributed by atoms with Gasteiger partial charge in [0, 0.05) is 21.8 Å². The third-order valence-electron chi connectivity index (χ3n) is 4.27. The first-order valence-corrected chi connectivity index (χ1v) is 8.94. The maximum atomic E-state index is 12.4. The molecule has 142 valence electrons. The average Bonchev–Trinajstić information content (AvgIpc) is 2.70. The lowest BCUT2D eigenvalue weighted by Gasteiger charge is -2.11. The van der Waals surface area contributed by atoms with E-state index in [1.54, 1.807) is 60.7 Å². The first kappa shape index (κ1) is 19.5. The van der Waals surface area contributed by atoms with E-state index in [1.807, 2.05) is 6.92 Å². The summed E-state index contributed by atoms with van der Waals surface area (Å²) < 4.78 is 5.66. The van der Waals surface area contributed by atoms with Gasteiger partial charge in [-0.15, -0.1) is 0 Å². The number of rotatable bonds is 6. The number of carboxylic acid groups (broad SMARTS) is 1. The van der Waals surface area contributed by atoms with Crippen molar-refractivity contribution in [3.8, 4) is 5.75 Å². The average molecular weight is 396 g/mol. The van der Waals surface area contributed by atoms with Crippen LogP contribution in [0.4, 0.5) is 5.69 Å². The zero-order valence-electron chi connectivity index (χ0n) is 15.1. The summed E-state index contributed by atoms with van der Waals surface area (Å²) in [6.07, 6.45) is 0. The van der Waals surface area contributed by atoms with Crippen molar-refractivity contribution in [2.24, 2.45) is 0 Å². The Morgan fingerprint density at radius 3 is 2.43 bits per heavy atom. The SMILES string of the molecule is Cc1c(Cl)cccc1NC(=O)c1ccc(OCc2ccccc2C(=O)O)cc1. The second kappa shape index (κ2) is 8.59. The number of amides is 1. The number of carboxylic acids is 1. The largest absolute Gasteiger partial charge is 0.489 e. The third kappa shape index (κ3) is 4.50. The lowest BCUT2D eigenvalue weighted by atomic mass is 10.1. The Morgan fingerprint density at radius 2 is 1.71 bits per heavy atom. The summed E-state index contributed by atoms with van der Waals surface area (Å²) in [5.74, 6) is -0.716. The lowest BCUT2D eigenvalue weighted by molar-refractivity contribution is 0.0693. The van der Waals surface area contributed by atoms with Gasteiger partial charge in [-0.3, -0.25) is 4.79 Å². The molecule has 6 heteroatoms. The minimum Gasteiger partial charge on any atom is -0.489 e. The molecule has 0 aliphatic rings. The number of hydrogen-bond donors (Lipinski definition) is 2. The van der Waals surface area contributed by atoms with Gasteiger partial charge < -0.3 is 15.2 Å². The molecule has 3 aromatic carbocycles. The van der Waals surface area contributed by atoms with Crippen LogP contribution >= 0.6 is 11.6 Å². The van der Waals surface area contributed by atoms with E-state index >= 15 is 0 Å². The lowest BCUT2D eigenvalue weighted by Crippen LogP contribution is -2.12. The molecule has 0 aliphatic heterocycles. The topological polar surface area (TPSA) is 75.6 Å². The number of benzene rings is 3. The number of aromatic carboxylic acids is 1. The van der Waals surface area contributed by atoms with Gasteiger partial charge in [0.15, 0.2) is 0 Å². The Bertz CT molecular complexity index is 1020. The first-order chi connectivity index (χ1) is 13.5. The fraction of sp³-hybridized carbons (Fsp3) is 0.0909. The molecule has 0 atom stereocenters. The highest BCUT2D eigenvalue weighted by Crippen LogP contribution is 2.24. The van der Waals surface area contributed by atoms with Crippen molar-refractivity contribution in [1.29, 1.82) is 0 Å². The molecule has 0 unspecified atom stereocenters. The first-order valence-electron chi connectivity index (χ1n) is 8.56. The fourth-order valence-corrected chi connectivity index (χ4v) is 2.83. The quantitative estimate of drug-likeness (QED) is 0.603. The van der Waals surface area contributed by atoms with E-state index < -0.39 is 5.97 Å². The van der Waals surface area contributed by atoms with Gasteiger partial charge in [-0.25, -0.2) is 4.79 Å². The van der Waals surface area contributed by atoms with E-state index in [4.69, 9.17) is 16.3 Å². The van der Waals surface area contributed by atoms with E-state index in [0.717, 1.165) is 5.56 Å². The molecule has 0 radical (unpaired) electrons. The third-order valence-corrected chi connectivity index (χ3v) is 4.68. The standard InChI is InChI=1S/C22H18ClNO4/c1-14-19(23)7-4-8-20(14)24-21(25)15-9-11-17(12-10-15)28-13-16-5-2-3-6-18(16)22(26)27/h2-12H,13H2,1H3,(H,24,25)(H,26,27). The molecule has 3 aromatic rings. The molecule has 0 spiro atoms. The molecule has 3 rings (SSSR count). The van der Waals surface area contributed by atoms with Crippen LogP contribution in [-0.2, 0) is 6.61 Å². The van der Waals surface area contributed by atoms with Crippen LogP contribution in [0.3, 0.4) is 0 Å². The van der Waals surface area contributed by atoms with E-state index in [0.29, 0.717) is 27.6 Å². The van der Waals surface area contributed by atoms with Crippen molar-refractivity contribution in [3.63, 3.8) is 0 Å². The van der Waals surface area contributed by atoms with Crippen LogP contribution in [0.2, 0.25) is 5.02 Å². The number of ether oxygens (including phenoxy) is 1. The summed E-state index contributed by atoms with van der Waals surface area (Å²) in [5, 5.41) is 12.6. The molecule has 0 aliphatic carbocycles. The summed E-state index contributed by atoms with van der Waals surface area (Å²) in [7, 11) is 0. The molecule has 28 heavy (non-hydrogen) atoms. The molecule has 0 saturated heterocycles. The van der Waals surface area contributed by atoms with Gasteiger partial charge in [0.05, 0.1) is 5.56 Å². The summed E-state index contributed by atoms with van der Waals surface area (Å²) >= 11 is 6.08. The van der Waals surface area contributed by atoms with Crippen LogP contribution in [-0.4, -0.2) is 17.0 Å². The highest BCUT2D eigenvalue weighted by molar-refractivity contribution is 6.31. The van der Waals surface area contributed by atoms with E-state index in [-0.39, 0.29) is 18.1 Å². The maximum absolute atomic E-state index is 12.4. The molecule has 2 N–H and O–H groups in total. The Balaban J connectivity index is 1.66. The summed E-state index contributed by atoms with van der Waals surface area (Å²) in [6.45, 7) is 1.96. The van der Waals surface area contributed by atoms with Gasteiger partial charge in [-0.05, 0) is 55.0 Å². The highest BCUT2D eigenvalue weighted by atomic mass is 35.5. The number of carbonyl (C=O) groups is 2. The number of hydrogen-bond acceptors (Lipinski definition) is 3. The van der Waals surface area contributed by atoms with Crippen LogP contribution in [0.5, 0.6) is 5.75 Å². The van der Waals surface area contributed by atoms with Gasteiger partial charge >= 0.3 is 5.97 Å². The van der Waals surface area contributed by atoms with Crippen LogP contribution in [0.1, 0.15) is 31.8 Å². The number of anilines is 1. The smallest absolute Gasteiger partial charge is 0.336 e. The van der Waals surface area contributed by atoms with Crippen molar-refractivity contribution in [2.75, 3.05) is 5.32 Å². The Kier molecular flexibility index (Phi) is 5.96. The molecule has 5 nitrogen and oxygen atoms in total. The predicted molar refractivity (Wildman–Crippen MR) is 108 cm³/mol. The second-order valence-corrected chi connectivity index (χ2v) is 6.55. The molecule has 0 heterocycles. The molecule has 0 fully saturated rings. The van der Waals surface area contributed by atoms with E-state index in [1.165, 1.54) is 6.07 Å². The highest BCUT2D eigenvalue weighted by Gasteiger charge is 2.11. The summed E-state index contributed by atoms with van der Waals surface area (Å²) in [6, 6.07) is 18.6. The van der Waals surface area contributed by atoms with Crippen molar-refractivity contribution in [1.82, 2.24) is 0 Å². The molecule has 1 amide bonds. The Labute approximate surface area is 167 Å². The molecule has 0 aromatic heterocycles. The van der Waals surface area contributed by atoms with Gasteiger partial charge in [-0.1, -0.05) is 35.9 Å². The van der Waals surface area contributed by atoms with Crippen molar-refractivity contribution >= 4 is 29.2 Å². The summed E-state index contributed by atoms with van der Waals surface area (Å²) in [4.78, 5) is 23.7. The van der Waals surface area contributed by atoms with Crippen LogP contribution in [0.15, 0.2) is 66.7 Å². The monoisotopic (exact) mass is 395 g/mol. The maximum Gasteiger partial charge on any atom is 0.336 e. The summed E-state index contributed by atoms with van der Waals surface area (Å²) in [5.41, 5.74) is 2.71. The van der Waals surface area contributed by atoms with Gasteiger partial charge in [0.25, 0.3) is 5.91 Å². The molecule has 0 saturated carbocycles. The van der Waals surface area contributed by atoms with Crippen molar-refractivity contribution in [3.05, 3.63) is 94.0 Å². The van der Waals surface area contributed by atoms with E-state index in [2.05, 4.69) is 5.32 Å². The minimum atomic E-state index is -0.998. The second-order valence-electron chi connectivity index (χ2n) is 6.14. The fourth-order valence-electron chi connectivity index (χ4n) is 2.66. The van der Waals surface area contributed by atoms with Gasteiger partial charge in [0.1, 0.15) is 12.4 Å². The zero-order valence-corrected chi connectivity index (χ0v) is 15.9. The molecule has 0 bridgehead atoms. The van der Waals surface area contributed by atoms with Crippen molar-refractivity contribution < 1.29 is 19.4 Å². The van der Waals surface area contributed by atoms with Crippen molar-refractivity contribution in [2.45, 2.75) is 13.5 Å². The van der Waals surface area contributed by atoms with Gasteiger partial charge in [-0.2, -0.15) is 0 Å². The number of carbonyl (C=O) groups excluding carboxylic acids is 1.